The number of carboxylic acid groups (broad SMARTS) is 1. The van der Waals surface area contributed by atoms with Crippen molar-refractivity contribution >= 4 is 58.7 Å². The second kappa shape index (κ2) is 15.6. The minimum Gasteiger partial charge on any atom is -0.478 e. The fourth-order valence-electron chi connectivity index (χ4n) is 4.90. The van der Waals surface area contributed by atoms with Gasteiger partial charge in [0, 0.05) is 11.6 Å². The number of nitrogens with one attached hydrogen (secondary N) is 1. The molecule has 3 heterocycles. The zero-order valence-electron chi connectivity index (χ0n) is 25.6. The molecule has 2 aliphatic rings. The second-order valence-corrected chi connectivity index (χ2v) is 12.3. The van der Waals surface area contributed by atoms with E-state index < -0.39 is 65.4 Å². The Morgan fingerprint density at radius 1 is 1.04 bits per heavy atom. The average molecular weight is 695 g/mol. The molecule has 2 aromatic carbocycles. The summed E-state index contributed by atoms with van der Waals surface area (Å²) in [6, 6.07) is 17.2. The van der Waals surface area contributed by atoms with E-state index in [1.54, 1.807) is 6.92 Å². The van der Waals surface area contributed by atoms with Gasteiger partial charge in [0.2, 0.25) is 6.61 Å². The molecule has 5 rings (SSSR count). The normalized spacial score (nSPS) is 19.3. The molecule has 2 amide bonds. The number of β-lactam (4-membered cyclic amide) rings is 1. The average Bonchev–Trinajstić information content (AvgIpc) is 3.62. The van der Waals surface area contributed by atoms with E-state index in [-0.39, 0.29) is 23.6 Å². The number of thiazole rings is 1. The maximum absolute atomic E-state index is 13.4. The van der Waals surface area contributed by atoms with Gasteiger partial charge in [0.25, 0.3) is 11.8 Å². The molecule has 0 spiro atoms. The highest BCUT2D eigenvalue weighted by molar-refractivity contribution is 8.01. The predicted molar refractivity (Wildman–Crippen MR) is 173 cm³/mol. The van der Waals surface area contributed by atoms with Crippen molar-refractivity contribution in [2.45, 2.75) is 42.7 Å². The highest BCUT2D eigenvalue weighted by Gasteiger charge is 2.54. The molecule has 2 N–H and O–H groups in total. The molecular weight excluding hydrogens is 665 g/mol. The molecule has 1 aromatic heterocycles. The van der Waals surface area contributed by atoms with E-state index in [9.17, 15) is 29.1 Å². The highest BCUT2D eigenvalue weighted by Crippen LogP contribution is 2.42. The van der Waals surface area contributed by atoms with Crippen LogP contribution in [-0.2, 0) is 38.2 Å². The zero-order chi connectivity index (χ0) is 34.2. The summed E-state index contributed by atoms with van der Waals surface area (Å²) in [5, 5.41) is 16.2. The van der Waals surface area contributed by atoms with Crippen LogP contribution in [0.4, 0.5) is 4.79 Å². The van der Waals surface area contributed by atoms with Crippen molar-refractivity contribution in [2.24, 2.45) is 5.16 Å². The number of rotatable bonds is 13. The lowest BCUT2D eigenvalue weighted by Crippen LogP contribution is -2.70. The van der Waals surface area contributed by atoms with Crippen molar-refractivity contribution < 1.29 is 48.1 Å². The van der Waals surface area contributed by atoms with Crippen molar-refractivity contribution in [3.8, 4) is 0 Å². The number of aromatic nitrogens is 1. The van der Waals surface area contributed by atoms with E-state index >= 15 is 0 Å². The van der Waals surface area contributed by atoms with Gasteiger partial charge in [-0.1, -0.05) is 65.8 Å². The van der Waals surface area contributed by atoms with Crippen LogP contribution in [0, 0.1) is 0 Å². The Kier molecular flexibility index (Phi) is 11.1. The van der Waals surface area contributed by atoms with Gasteiger partial charge in [0.15, 0.2) is 11.8 Å². The summed E-state index contributed by atoms with van der Waals surface area (Å²) in [5.74, 6) is -3.42. The number of fused-ring (bicyclic) bond motifs is 1. The van der Waals surface area contributed by atoms with E-state index in [4.69, 9.17) is 19.0 Å². The van der Waals surface area contributed by atoms with Crippen molar-refractivity contribution in [2.75, 3.05) is 13.2 Å². The fourth-order valence-corrected chi connectivity index (χ4v) is 6.96. The Labute approximate surface area is 282 Å². The molecule has 0 aliphatic carbocycles. The van der Waals surface area contributed by atoms with Gasteiger partial charge in [0.05, 0.1) is 22.9 Å². The fraction of sp³-hybridized carbons (Fsp3) is 0.281. The molecular formula is C32H30N4O10S2. The number of thioether (sulfide) groups is 1. The molecule has 0 radical (unpaired) electrons. The van der Waals surface area contributed by atoms with E-state index in [0.717, 1.165) is 22.9 Å². The zero-order valence-corrected chi connectivity index (χ0v) is 27.2. The van der Waals surface area contributed by atoms with Gasteiger partial charge in [-0.25, -0.2) is 19.4 Å². The number of amides is 2. The first-order valence-electron chi connectivity index (χ1n) is 14.6. The number of oxime groups is 1. The first-order chi connectivity index (χ1) is 23.2. The van der Waals surface area contributed by atoms with Gasteiger partial charge in [-0.15, -0.1) is 23.1 Å². The molecule has 14 nitrogen and oxygen atoms in total. The maximum Gasteiger partial charge on any atom is 0.508 e. The van der Waals surface area contributed by atoms with Gasteiger partial charge in [-0.2, -0.15) is 0 Å². The number of benzene rings is 2. The number of esters is 1. The molecule has 0 saturated carbocycles. The molecule has 1 fully saturated rings. The molecule has 4 atom stereocenters. The van der Waals surface area contributed by atoms with E-state index in [0.29, 0.717) is 0 Å². The topological polar surface area (TPSA) is 183 Å². The van der Waals surface area contributed by atoms with Crippen LogP contribution in [0.25, 0.3) is 0 Å². The lowest BCUT2D eigenvalue weighted by atomic mass is 10.0. The Bertz CT molecular complexity index is 1660. The van der Waals surface area contributed by atoms with Crippen molar-refractivity contribution in [3.63, 3.8) is 0 Å². The smallest absolute Gasteiger partial charge is 0.478 e. The summed E-state index contributed by atoms with van der Waals surface area (Å²) in [5.41, 5.74) is 2.65. The standard InChI is InChI=1S/C32H30N4O10S2/c1-3-43-32(42)45-18(2)27-21(31(40)41)14-36-29(39)25(30(36)48-27)34-28(38)24(22-16-47-17-33-22)35-44-15-23(37)46-26(19-10-6-4-7-11-19)20-12-8-5-9-13-20/h4-14,16-18,25-27,30H,3,15H2,1-2H3,(H,34,38)(H,40,41)/t18?,25?,27?,30-/m1/s1. The van der Waals surface area contributed by atoms with Crippen LogP contribution in [0.15, 0.2) is 88.5 Å². The van der Waals surface area contributed by atoms with Gasteiger partial charge in [0.1, 0.15) is 23.2 Å². The molecule has 250 valence electrons. The summed E-state index contributed by atoms with van der Waals surface area (Å²) >= 11 is 2.22. The first kappa shape index (κ1) is 34.1. The summed E-state index contributed by atoms with van der Waals surface area (Å²) < 4.78 is 15.8. The second-order valence-electron chi connectivity index (χ2n) is 10.3. The number of carbonyl (C=O) groups excluding carboxylic acids is 4. The Hall–Kier alpha value is -5.22. The van der Waals surface area contributed by atoms with Gasteiger partial charge < -0.3 is 34.4 Å². The summed E-state index contributed by atoms with van der Waals surface area (Å²) in [7, 11) is 0. The third-order valence-electron chi connectivity index (χ3n) is 7.14. The van der Waals surface area contributed by atoms with Crippen molar-refractivity contribution in [1.29, 1.82) is 0 Å². The number of carbonyl (C=O) groups is 5. The van der Waals surface area contributed by atoms with Crippen LogP contribution < -0.4 is 5.32 Å². The Balaban J connectivity index is 1.26. The van der Waals surface area contributed by atoms with Gasteiger partial charge in [-0.05, 0) is 25.0 Å². The van der Waals surface area contributed by atoms with E-state index in [2.05, 4.69) is 15.5 Å². The van der Waals surface area contributed by atoms with Gasteiger partial charge in [-0.3, -0.25) is 9.59 Å². The monoisotopic (exact) mass is 694 g/mol. The molecule has 16 heteroatoms. The molecule has 3 unspecified atom stereocenters. The van der Waals surface area contributed by atoms with Crippen molar-refractivity contribution in [3.05, 3.63) is 100 Å². The Morgan fingerprint density at radius 3 is 2.29 bits per heavy atom. The van der Waals surface area contributed by atoms with E-state index in [1.807, 2.05) is 60.7 Å². The first-order valence-corrected chi connectivity index (χ1v) is 16.5. The van der Waals surface area contributed by atoms with Crippen molar-refractivity contribution in [1.82, 2.24) is 15.2 Å². The number of nitrogens with zero attached hydrogens (tertiary/aromatic N) is 3. The number of hydrogen-bond donors (Lipinski definition) is 2. The highest BCUT2D eigenvalue weighted by atomic mass is 32.2. The molecule has 3 aromatic rings. The number of hydrogen-bond acceptors (Lipinski definition) is 13. The molecule has 48 heavy (non-hydrogen) atoms. The van der Waals surface area contributed by atoms with Crippen LogP contribution in [-0.4, -0.2) is 86.6 Å². The maximum atomic E-state index is 13.4. The summed E-state index contributed by atoms with van der Waals surface area (Å²) in [6.07, 6.45) is -1.43. The lowest BCUT2D eigenvalue weighted by Gasteiger charge is -2.49. The molecule has 1 saturated heterocycles. The van der Waals surface area contributed by atoms with Crippen LogP contribution in [0.2, 0.25) is 0 Å². The predicted octanol–water partition coefficient (Wildman–Crippen LogP) is 3.50. The third-order valence-corrected chi connectivity index (χ3v) is 9.43. The quantitative estimate of drug-likeness (QED) is 0.115. The Morgan fingerprint density at radius 2 is 1.71 bits per heavy atom. The van der Waals surface area contributed by atoms with Crippen LogP contribution in [0.3, 0.4) is 0 Å². The van der Waals surface area contributed by atoms with Crippen LogP contribution >= 0.6 is 23.1 Å². The SMILES string of the molecule is CCOC(=O)OC(C)C1S[C@@H]2C(NC(=O)C(=NOCC(=O)OC(c3ccccc3)c3ccccc3)c3cscn3)C(=O)N2C=C1C(=O)O. The van der Waals surface area contributed by atoms with Crippen LogP contribution in [0.1, 0.15) is 36.8 Å². The van der Waals surface area contributed by atoms with E-state index in [1.165, 1.54) is 40.3 Å². The van der Waals surface area contributed by atoms with Crippen LogP contribution in [0.5, 0.6) is 0 Å². The summed E-state index contributed by atoms with van der Waals surface area (Å²) in [6.45, 7) is 2.54. The molecule has 2 aliphatic heterocycles. The number of aliphatic carboxylic acids is 1. The minimum atomic E-state index is -1.29. The number of ether oxygens (including phenoxy) is 3. The van der Waals surface area contributed by atoms with Gasteiger partial charge >= 0.3 is 18.1 Å². The largest absolute Gasteiger partial charge is 0.508 e. The number of carboxylic acids is 1. The summed E-state index contributed by atoms with van der Waals surface area (Å²) in [4.78, 5) is 73.7. The lowest BCUT2D eigenvalue weighted by molar-refractivity contribution is -0.153. The molecule has 0 bridgehead atoms. The third kappa shape index (κ3) is 7.83. The minimum absolute atomic E-state index is 0.0691.